The Kier molecular flexibility index (Phi) is 4.68. The lowest BCUT2D eigenvalue weighted by atomic mass is 9.91. The molecule has 2 amide bonds. The van der Waals surface area contributed by atoms with E-state index in [4.69, 9.17) is 4.52 Å². The standard InChI is InChI=1S/C17H25N3O3/c1-10(2)7-15(21)19-12-5-6-14-13(8-12)16(20-23-14)17(22)18-9-11-3-4-11/h10-12H,3-9H2,1-2H3,(H,18,22)(H,19,21). The molecule has 0 bridgehead atoms. The van der Waals surface area contributed by atoms with Crippen LogP contribution in [0.3, 0.4) is 0 Å². The number of rotatable bonds is 6. The zero-order valence-electron chi connectivity index (χ0n) is 13.9. The predicted octanol–water partition coefficient (Wildman–Crippen LogP) is 1.83. The van der Waals surface area contributed by atoms with Crippen LogP contribution in [0.25, 0.3) is 0 Å². The first-order chi connectivity index (χ1) is 11.0. The third-order valence-corrected chi connectivity index (χ3v) is 4.46. The molecule has 1 fully saturated rings. The van der Waals surface area contributed by atoms with E-state index in [2.05, 4.69) is 15.8 Å². The van der Waals surface area contributed by atoms with Crippen LogP contribution in [0.15, 0.2) is 4.52 Å². The second-order valence-electron chi connectivity index (χ2n) is 7.19. The van der Waals surface area contributed by atoms with Crippen molar-refractivity contribution in [1.29, 1.82) is 0 Å². The lowest BCUT2D eigenvalue weighted by molar-refractivity contribution is -0.122. The van der Waals surface area contributed by atoms with Crippen molar-refractivity contribution >= 4 is 11.8 Å². The van der Waals surface area contributed by atoms with E-state index >= 15 is 0 Å². The van der Waals surface area contributed by atoms with Gasteiger partial charge in [-0.1, -0.05) is 19.0 Å². The van der Waals surface area contributed by atoms with Crippen molar-refractivity contribution < 1.29 is 14.1 Å². The van der Waals surface area contributed by atoms with Crippen LogP contribution in [0.1, 0.15) is 61.3 Å². The number of fused-ring (bicyclic) bond motifs is 1. The molecule has 0 saturated heterocycles. The van der Waals surface area contributed by atoms with Gasteiger partial charge in [0.25, 0.3) is 5.91 Å². The molecule has 0 aromatic carbocycles. The van der Waals surface area contributed by atoms with Crippen molar-refractivity contribution in [2.75, 3.05) is 6.54 Å². The monoisotopic (exact) mass is 319 g/mol. The summed E-state index contributed by atoms with van der Waals surface area (Å²) in [5.74, 6) is 1.68. The second kappa shape index (κ2) is 6.72. The van der Waals surface area contributed by atoms with Crippen LogP contribution in [0.5, 0.6) is 0 Å². The molecule has 0 radical (unpaired) electrons. The maximum Gasteiger partial charge on any atom is 0.273 e. The maximum atomic E-state index is 12.3. The third-order valence-electron chi connectivity index (χ3n) is 4.46. The minimum absolute atomic E-state index is 0.0585. The Morgan fingerprint density at radius 2 is 2.09 bits per heavy atom. The summed E-state index contributed by atoms with van der Waals surface area (Å²) in [6.45, 7) is 4.77. The van der Waals surface area contributed by atoms with Crippen LogP contribution in [0.4, 0.5) is 0 Å². The smallest absolute Gasteiger partial charge is 0.273 e. The SMILES string of the molecule is CC(C)CC(=O)NC1CCc2onc(C(=O)NCC3CC3)c2C1. The highest BCUT2D eigenvalue weighted by atomic mass is 16.5. The fourth-order valence-corrected chi connectivity index (χ4v) is 3.01. The van der Waals surface area contributed by atoms with E-state index in [-0.39, 0.29) is 17.9 Å². The molecule has 1 heterocycles. The van der Waals surface area contributed by atoms with E-state index < -0.39 is 0 Å². The summed E-state index contributed by atoms with van der Waals surface area (Å²) in [5.41, 5.74) is 1.25. The Morgan fingerprint density at radius 1 is 1.30 bits per heavy atom. The highest BCUT2D eigenvalue weighted by Crippen LogP contribution is 2.28. The molecular formula is C17H25N3O3. The van der Waals surface area contributed by atoms with Gasteiger partial charge in [-0.3, -0.25) is 9.59 Å². The number of hydrogen-bond acceptors (Lipinski definition) is 4. The van der Waals surface area contributed by atoms with Crippen molar-refractivity contribution in [3.63, 3.8) is 0 Å². The second-order valence-corrected chi connectivity index (χ2v) is 7.19. The first kappa shape index (κ1) is 16.0. The highest BCUT2D eigenvalue weighted by Gasteiger charge is 2.30. The van der Waals surface area contributed by atoms with Crippen LogP contribution in [0, 0.1) is 11.8 Å². The molecule has 126 valence electrons. The first-order valence-corrected chi connectivity index (χ1v) is 8.58. The largest absolute Gasteiger partial charge is 0.360 e. The average Bonchev–Trinajstić information content (AvgIpc) is 3.22. The number of nitrogens with zero attached hydrogens (tertiary/aromatic N) is 1. The molecule has 1 aromatic heterocycles. The van der Waals surface area contributed by atoms with Crippen molar-refractivity contribution in [2.45, 2.75) is 58.4 Å². The highest BCUT2D eigenvalue weighted by molar-refractivity contribution is 5.93. The fraction of sp³-hybridized carbons (Fsp3) is 0.706. The minimum atomic E-state index is -0.156. The number of aromatic nitrogens is 1. The summed E-state index contributed by atoms with van der Waals surface area (Å²) in [4.78, 5) is 24.2. The Morgan fingerprint density at radius 3 is 2.78 bits per heavy atom. The topological polar surface area (TPSA) is 84.2 Å². The summed E-state index contributed by atoms with van der Waals surface area (Å²) in [6, 6.07) is 0.0585. The molecule has 6 nitrogen and oxygen atoms in total. The van der Waals surface area contributed by atoms with Crippen LogP contribution in [-0.2, 0) is 17.6 Å². The van der Waals surface area contributed by atoms with E-state index in [9.17, 15) is 9.59 Å². The van der Waals surface area contributed by atoms with Crippen LogP contribution in [-0.4, -0.2) is 29.6 Å². The summed E-state index contributed by atoms with van der Waals surface area (Å²) in [5, 5.41) is 9.96. The van der Waals surface area contributed by atoms with Crippen molar-refractivity contribution in [1.82, 2.24) is 15.8 Å². The van der Waals surface area contributed by atoms with Gasteiger partial charge in [-0.2, -0.15) is 0 Å². The zero-order chi connectivity index (χ0) is 16.4. The van der Waals surface area contributed by atoms with Gasteiger partial charge in [0.1, 0.15) is 5.76 Å². The molecule has 6 heteroatoms. The molecule has 1 saturated carbocycles. The summed E-state index contributed by atoms with van der Waals surface area (Å²) in [7, 11) is 0. The van der Waals surface area contributed by atoms with E-state index in [0.717, 1.165) is 24.3 Å². The molecule has 1 aromatic rings. The zero-order valence-corrected chi connectivity index (χ0v) is 13.9. The van der Waals surface area contributed by atoms with E-state index in [1.165, 1.54) is 12.8 Å². The molecule has 2 aliphatic rings. The molecule has 3 rings (SSSR count). The number of hydrogen-bond donors (Lipinski definition) is 2. The summed E-state index contributed by atoms with van der Waals surface area (Å²) in [6.07, 6.45) is 5.08. The lowest BCUT2D eigenvalue weighted by Crippen LogP contribution is -2.39. The lowest BCUT2D eigenvalue weighted by Gasteiger charge is -2.23. The Hall–Kier alpha value is -1.85. The molecule has 0 aliphatic heterocycles. The molecular weight excluding hydrogens is 294 g/mol. The Labute approximate surface area is 136 Å². The van der Waals surface area contributed by atoms with Gasteiger partial charge >= 0.3 is 0 Å². The minimum Gasteiger partial charge on any atom is -0.360 e. The van der Waals surface area contributed by atoms with Crippen LogP contribution < -0.4 is 10.6 Å². The van der Waals surface area contributed by atoms with E-state index in [1.807, 2.05) is 13.8 Å². The number of carbonyl (C=O) groups is 2. The van der Waals surface area contributed by atoms with Gasteiger partial charge in [0, 0.05) is 31.0 Å². The predicted molar refractivity (Wildman–Crippen MR) is 85.0 cm³/mol. The van der Waals surface area contributed by atoms with Gasteiger partial charge in [-0.25, -0.2) is 0 Å². The number of carbonyl (C=O) groups excluding carboxylic acids is 2. The van der Waals surface area contributed by atoms with Gasteiger partial charge in [0.05, 0.1) is 0 Å². The number of amides is 2. The van der Waals surface area contributed by atoms with Gasteiger partial charge in [-0.15, -0.1) is 0 Å². The van der Waals surface area contributed by atoms with Crippen LogP contribution in [0.2, 0.25) is 0 Å². The molecule has 0 spiro atoms. The number of aryl methyl sites for hydroxylation is 1. The van der Waals surface area contributed by atoms with Crippen LogP contribution >= 0.6 is 0 Å². The Balaban J connectivity index is 1.61. The summed E-state index contributed by atoms with van der Waals surface area (Å²) < 4.78 is 5.32. The fourth-order valence-electron chi connectivity index (χ4n) is 3.01. The third kappa shape index (κ3) is 4.12. The van der Waals surface area contributed by atoms with Gasteiger partial charge in [0.2, 0.25) is 5.91 Å². The van der Waals surface area contributed by atoms with E-state index in [1.54, 1.807) is 0 Å². The molecule has 2 N–H and O–H groups in total. The van der Waals surface area contributed by atoms with E-state index in [0.29, 0.717) is 36.8 Å². The molecule has 1 unspecified atom stereocenters. The number of nitrogens with one attached hydrogen (secondary N) is 2. The van der Waals surface area contributed by atoms with Crippen molar-refractivity contribution in [3.05, 3.63) is 17.0 Å². The molecule has 23 heavy (non-hydrogen) atoms. The van der Waals surface area contributed by atoms with Gasteiger partial charge in [-0.05, 0) is 37.5 Å². The average molecular weight is 319 g/mol. The normalized spacial score (nSPS) is 20.2. The van der Waals surface area contributed by atoms with Crippen molar-refractivity contribution in [2.24, 2.45) is 11.8 Å². The first-order valence-electron chi connectivity index (χ1n) is 8.58. The Bertz CT molecular complexity index is 590. The molecule has 1 atom stereocenters. The molecule has 2 aliphatic carbocycles. The van der Waals surface area contributed by atoms with Crippen molar-refractivity contribution in [3.8, 4) is 0 Å². The summed E-state index contributed by atoms with van der Waals surface area (Å²) >= 11 is 0. The van der Waals surface area contributed by atoms with Gasteiger partial charge in [0.15, 0.2) is 5.69 Å². The van der Waals surface area contributed by atoms with Gasteiger partial charge < -0.3 is 15.2 Å². The maximum absolute atomic E-state index is 12.3. The quantitative estimate of drug-likeness (QED) is 0.838.